The third-order valence-corrected chi connectivity index (χ3v) is 3.96. The molecule has 2 aromatic carbocycles. The van der Waals surface area contributed by atoms with E-state index < -0.39 is 0 Å². The van der Waals surface area contributed by atoms with Gasteiger partial charge < -0.3 is 20.1 Å². The van der Waals surface area contributed by atoms with Crippen molar-refractivity contribution in [1.82, 2.24) is 9.97 Å². The van der Waals surface area contributed by atoms with Gasteiger partial charge in [0, 0.05) is 23.5 Å². The van der Waals surface area contributed by atoms with Gasteiger partial charge in [-0.3, -0.25) is 0 Å². The highest BCUT2D eigenvalue weighted by Crippen LogP contribution is 2.33. The minimum absolute atomic E-state index is 0.448. The topological polar surface area (TPSA) is 92.1 Å². The summed E-state index contributed by atoms with van der Waals surface area (Å²) in [6.07, 6.45) is 0. The van der Waals surface area contributed by atoms with Gasteiger partial charge in [0.1, 0.15) is 25.1 Å². The number of anilines is 4. The summed E-state index contributed by atoms with van der Waals surface area (Å²) in [4.78, 5) is 8.92. The number of benzene rings is 2. The molecule has 0 atom stereocenters. The van der Waals surface area contributed by atoms with Crippen molar-refractivity contribution in [3.8, 4) is 17.6 Å². The Balaban J connectivity index is 1.58. The molecule has 27 heavy (non-hydrogen) atoms. The highest BCUT2D eigenvalue weighted by atomic mass is 16.6. The van der Waals surface area contributed by atoms with Crippen molar-refractivity contribution in [3.63, 3.8) is 0 Å². The van der Waals surface area contributed by atoms with Crippen molar-refractivity contribution in [2.45, 2.75) is 6.92 Å². The Morgan fingerprint density at radius 3 is 2.63 bits per heavy atom. The predicted molar refractivity (Wildman–Crippen MR) is 102 cm³/mol. The molecule has 0 unspecified atom stereocenters. The van der Waals surface area contributed by atoms with Crippen LogP contribution in [-0.4, -0.2) is 23.2 Å². The lowest BCUT2D eigenvalue weighted by molar-refractivity contribution is 0.171. The Labute approximate surface area is 156 Å². The molecule has 1 aromatic heterocycles. The first-order chi connectivity index (χ1) is 13.2. The molecule has 0 fully saturated rings. The minimum atomic E-state index is 0.448. The van der Waals surface area contributed by atoms with Crippen molar-refractivity contribution < 1.29 is 9.47 Å². The zero-order valence-electron chi connectivity index (χ0n) is 14.7. The van der Waals surface area contributed by atoms with Gasteiger partial charge in [-0.25, -0.2) is 4.98 Å². The van der Waals surface area contributed by atoms with Gasteiger partial charge in [0.15, 0.2) is 11.5 Å². The fourth-order valence-corrected chi connectivity index (χ4v) is 2.77. The molecule has 0 radical (unpaired) electrons. The van der Waals surface area contributed by atoms with E-state index in [1.165, 1.54) is 0 Å². The predicted octanol–water partition coefficient (Wildman–Crippen LogP) is 3.92. The van der Waals surface area contributed by atoms with E-state index in [-0.39, 0.29) is 0 Å². The van der Waals surface area contributed by atoms with Crippen molar-refractivity contribution >= 4 is 23.1 Å². The first-order valence-corrected chi connectivity index (χ1v) is 8.50. The number of ether oxygens (including phenoxy) is 2. The van der Waals surface area contributed by atoms with E-state index >= 15 is 0 Å². The highest BCUT2D eigenvalue weighted by molar-refractivity contribution is 5.66. The van der Waals surface area contributed by atoms with Crippen LogP contribution in [0.1, 0.15) is 11.3 Å². The lowest BCUT2D eigenvalue weighted by Gasteiger charge is -2.19. The number of fused-ring (bicyclic) bond motifs is 1. The second kappa shape index (κ2) is 7.22. The average Bonchev–Trinajstić information content (AvgIpc) is 2.68. The summed E-state index contributed by atoms with van der Waals surface area (Å²) in [6, 6.07) is 16.9. The van der Waals surface area contributed by atoms with Gasteiger partial charge in [-0.2, -0.15) is 10.2 Å². The molecule has 4 rings (SSSR count). The monoisotopic (exact) mass is 359 g/mol. The standard InChI is InChI=1S/C20H17N5O2/c1-13-10-19(24-16-5-3-2-4-14(16)12-21)25-20(22-13)23-15-6-7-17-18(11-15)27-9-8-26-17/h2-7,10-11H,8-9H2,1H3,(H2,22,23,24,25). The summed E-state index contributed by atoms with van der Waals surface area (Å²) in [5.74, 6) is 2.47. The Bertz CT molecular complexity index is 1030. The first kappa shape index (κ1) is 16.7. The van der Waals surface area contributed by atoms with E-state index in [0.717, 1.165) is 17.1 Å². The van der Waals surface area contributed by atoms with Crippen LogP contribution in [-0.2, 0) is 0 Å². The highest BCUT2D eigenvalue weighted by Gasteiger charge is 2.12. The van der Waals surface area contributed by atoms with Crippen LogP contribution in [0.3, 0.4) is 0 Å². The third kappa shape index (κ3) is 3.75. The van der Waals surface area contributed by atoms with Gasteiger partial charge in [-0.15, -0.1) is 0 Å². The third-order valence-electron chi connectivity index (χ3n) is 3.96. The molecule has 2 N–H and O–H groups in total. The van der Waals surface area contributed by atoms with Gasteiger partial charge in [0.05, 0.1) is 11.3 Å². The summed E-state index contributed by atoms with van der Waals surface area (Å²) in [5.41, 5.74) is 2.84. The largest absolute Gasteiger partial charge is 0.486 e. The molecule has 0 saturated heterocycles. The zero-order chi connectivity index (χ0) is 18.6. The van der Waals surface area contributed by atoms with Crippen LogP contribution in [0, 0.1) is 18.3 Å². The van der Waals surface area contributed by atoms with E-state index in [1.807, 2.05) is 49.4 Å². The molecule has 7 nitrogen and oxygen atoms in total. The van der Waals surface area contributed by atoms with E-state index in [2.05, 4.69) is 26.7 Å². The Morgan fingerprint density at radius 2 is 1.78 bits per heavy atom. The number of hydrogen-bond acceptors (Lipinski definition) is 7. The summed E-state index contributed by atoms with van der Waals surface area (Å²) < 4.78 is 11.1. The molecule has 134 valence electrons. The SMILES string of the molecule is Cc1cc(Nc2ccccc2C#N)nc(Nc2ccc3c(c2)OCCO3)n1. The number of nitriles is 1. The van der Waals surface area contributed by atoms with E-state index in [0.29, 0.717) is 42.0 Å². The van der Waals surface area contributed by atoms with Crippen LogP contribution < -0.4 is 20.1 Å². The van der Waals surface area contributed by atoms with E-state index in [1.54, 1.807) is 6.07 Å². The lowest BCUT2D eigenvalue weighted by Crippen LogP contribution is -2.15. The molecular weight excluding hydrogens is 342 g/mol. The molecule has 7 heteroatoms. The van der Waals surface area contributed by atoms with Crippen LogP contribution in [0.2, 0.25) is 0 Å². The fraction of sp³-hybridized carbons (Fsp3) is 0.150. The molecular formula is C20H17N5O2. The molecule has 2 heterocycles. The van der Waals surface area contributed by atoms with Gasteiger partial charge in [0.2, 0.25) is 5.95 Å². The number of aryl methyl sites for hydroxylation is 1. The minimum Gasteiger partial charge on any atom is -0.486 e. The van der Waals surface area contributed by atoms with Gasteiger partial charge >= 0.3 is 0 Å². The maximum Gasteiger partial charge on any atom is 0.229 e. The summed E-state index contributed by atoms with van der Waals surface area (Å²) >= 11 is 0. The second-order valence-electron chi connectivity index (χ2n) is 5.98. The second-order valence-corrected chi connectivity index (χ2v) is 5.98. The van der Waals surface area contributed by atoms with Crippen molar-refractivity contribution in [2.75, 3.05) is 23.8 Å². The van der Waals surface area contributed by atoms with E-state index in [4.69, 9.17) is 9.47 Å². The van der Waals surface area contributed by atoms with Crippen LogP contribution >= 0.6 is 0 Å². The summed E-state index contributed by atoms with van der Waals surface area (Å²) in [7, 11) is 0. The van der Waals surface area contributed by atoms with Crippen LogP contribution in [0.15, 0.2) is 48.5 Å². The van der Waals surface area contributed by atoms with Crippen LogP contribution in [0.25, 0.3) is 0 Å². The Kier molecular flexibility index (Phi) is 4.45. The Hall–Kier alpha value is -3.79. The van der Waals surface area contributed by atoms with Gasteiger partial charge in [-0.1, -0.05) is 12.1 Å². The summed E-state index contributed by atoms with van der Waals surface area (Å²) in [6.45, 7) is 2.97. The summed E-state index contributed by atoms with van der Waals surface area (Å²) in [5, 5.41) is 15.6. The molecule has 0 spiro atoms. The molecule has 1 aliphatic heterocycles. The maximum atomic E-state index is 9.24. The average molecular weight is 359 g/mol. The number of nitrogens with zero attached hydrogens (tertiary/aromatic N) is 3. The Morgan fingerprint density at radius 1 is 0.963 bits per heavy atom. The normalized spacial score (nSPS) is 12.1. The molecule has 3 aromatic rings. The number of nitrogens with one attached hydrogen (secondary N) is 2. The number of hydrogen-bond donors (Lipinski definition) is 2. The van der Waals surface area contributed by atoms with Crippen LogP contribution in [0.5, 0.6) is 11.5 Å². The van der Waals surface area contributed by atoms with Crippen molar-refractivity contribution in [3.05, 3.63) is 59.8 Å². The van der Waals surface area contributed by atoms with Crippen LogP contribution in [0.4, 0.5) is 23.1 Å². The molecule has 1 aliphatic rings. The van der Waals surface area contributed by atoms with Crippen molar-refractivity contribution in [1.29, 1.82) is 5.26 Å². The fourth-order valence-electron chi connectivity index (χ4n) is 2.77. The van der Waals surface area contributed by atoms with Gasteiger partial charge in [-0.05, 0) is 31.2 Å². The van der Waals surface area contributed by atoms with Gasteiger partial charge in [0.25, 0.3) is 0 Å². The molecule has 0 saturated carbocycles. The number of para-hydroxylation sites is 1. The smallest absolute Gasteiger partial charge is 0.229 e. The number of rotatable bonds is 4. The quantitative estimate of drug-likeness (QED) is 0.729. The molecule has 0 amide bonds. The zero-order valence-corrected chi connectivity index (χ0v) is 14.7. The van der Waals surface area contributed by atoms with E-state index in [9.17, 15) is 5.26 Å². The molecule has 0 bridgehead atoms. The van der Waals surface area contributed by atoms with Crippen molar-refractivity contribution in [2.24, 2.45) is 0 Å². The maximum absolute atomic E-state index is 9.24. The lowest BCUT2D eigenvalue weighted by atomic mass is 10.2. The number of aromatic nitrogens is 2. The molecule has 0 aliphatic carbocycles. The first-order valence-electron chi connectivity index (χ1n) is 8.50.